The highest BCUT2D eigenvalue weighted by Crippen LogP contribution is 2.22. The van der Waals surface area contributed by atoms with Crippen LogP contribution in [0.2, 0.25) is 0 Å². The maximum absolute atomic E-state index is 13.9. The van der Waals surface area contributed by atoms with Crippen LogP contribution in [0.4, 0.5) is 4.39 Å². The van der Waals surface area contributed by atoms with Gasteiger partial charge in [0.1, 0.15) is 5.82 Å². The quantitative estimate of drug-likeness (QED) is 0.885. The molecule has 2 atom stereocenters. The third-order valence-corrected chi connectivity index (χ3v) is 4.47. The Balaban J connectivity index is 1.89. The van der Waals surface area contributed by atoms with E-state index in [4.69, 9.17) is 0 Å². The average Bonchev–Trinajstić information content (AvgIpc) is 2.66. The Hall–Kier alpha value is -0.930. The third kappa shape index (κ3) is 4.29. The molecule has 1 N–H and O–H groups in total. The van der Waals surface area contributed by atoms with Gasteiger partial charge >= 0.3 is 0 Å². The van der Waals surface area contributed by atoms with Gasteiger partial charge in [0.25, 0.3) is 0 Å². The van der Waals surface area contributed by atoms with Crippen LogP contribution >= 0.6 is 0 Å². The predicted octanol–water partition coefficient (Wildman–Crippen LogP) is 3.60. The van der Waals surface area contributed by atoms with Crippen LogP contribution in [0.15, 0.2) is 24.3 Å². The van der Waals surface area contributed by atoms with Gasteiger partial charge < -0.3 is 10.2 Å². The summed E-state index contributed by atoms with van der Waals surface area (Å²) in [7, 11) is 1.92. The topological polar surface area (TPSA) is 15.3 Å². The molecule has 2 unspecified atom stereocenters. The molecule has 112 valence electrons. The van der Waals surface area contributed by atoms with E-state index in [1.807, 2.05) is 19.2 Å². The first-order valence-corrected chi connectivity index (χ1v) is 7.84. The van der Waals surface area contributed by atoms with Crippen LogP contribution in [-0.2, 0) is 0 Å². The largest absolute Gasteiger partial charge is 0.313 e. The number of hydrogen-bond donors (Lipinski definition) is 1. The third-order valence-electron chi connectivity index (χ3n) is 4.47. The zero-order chi connectivity index (χ0) is 14.4. The monoisotopic (exact) mass is 278 g/mol. The summed E-state index contributed by atoms with van der Waals surface area (Å²) in [5.74, 6) is 0.753. The number of halogens is 1. The van der Waals surface area contributed by atoms with Crippen LogP contribution in [0.3, 0.4) is 0 Å². The molecule has 0 spiro atoms. The highest BCUT2D eigenvalue weighted by atomic mass is 19.1. The lowest BCUT2D eigenvalue weighted by atomic mass is 10.0. The second-order valence-electron chi connectivity index (χ2n) is 6.03. The van der Waals surface area contributed by atoms with Gasteiger partial charge in [-0.3, -0.25) is 0 Å². The average molecular weight is 278 g/mol. The summed E-state index contributed by atoms with van der Waals surface area (Å²) in [6.07, 6.45) is 4.90. The molecule has 1 aromatic carbocycles. The maximum Gasteiger partial charge on any atom is 0.127 e. The molecule has 0 saturated carbocycles. The predicted molar refractivity (Wildman–Crippen MR) is 82.3 cm³/mol. The van der Waals surface area contributed by atoms with Crippen molar-refractivity contribution in [2.75, 3.05) is 26.7 Å². The minimum absolute atomic E-state index is 0.101. The smallest absolute Gasteiger partial charge is 0.127 e. The molecular weight excluding hydrogens is 251 g/mol. The van der Waals surface area contributed by atoms with Crippen LogP contribution in [-0.4, -0.2) is 31.6 Å². The van der Waals surface area contributed by atoms with E-state index >= 15 is 0 Å². The summed E-state index contributed by atoms with van der Waals surface area (Å²) < 4.78 is 13.9. The van der Waals surface area contributed by atoms with Crippen molar-refractivity contribution in [3.63, 3.8) is 0 Å². The number of nitrogens with zero attached hydrogens (tertiary/aromatic N) is 1. The fourth-order valence-corrected chi connectivity index (χ4v) is 3.07. The Labute approximate surface area is 122 Å². The van der Waals surface area contributed by atoms with Gasteiger partial charge in [-0.05, 0) is 64.3 Å². The van der Waals surface area contributed by atoms with Gasteiger partial charge in [0.05, 0.1) is 0 Å². The van der Waals surface area contributed by atoms with Gasteiger partial charge in [-0.2, -0.15) is 0 Å². The molecule has 0 radical (unpaired) electrons. The van der Waals surface area contributed by atoms with Gasteiger partial charge in [0, 0.05) is 11.6 Å². The van der Waals surface area contributed by atoms with E-state index in [0.29, 0.717) is 0 Å². The normalized spacial score (nSPS) is 22.4. The number of nitrogens with one attached hydrogen (secondary N) is 1. The lowest BCUT2D eigenvalue weighted by Gasteiger charge is -2.24. The van der Waals surface area contributed by atoms with E-state index in [1.54, 1.807) is 12.1 Å². The SMILES string of the molecule is CNC(CCN1CCCC(C)CC1)c1ccccc1F. The van der Waals surface area contributed by atoms with Crippen molar-refractivity contribution in [3.8, 4) is 0 Å². The second-order valence-corrected chi connectivity index (χ2v) is 6.03. The van der Waals surface area contributed by atoms with Crippen molar-refractivity contribution >= 4 is 0 Å². The molecule has 1 aromatic rings. The number of rotatable bonds is 5. The minimum Gasteiger partial charge on any atom is -0.313 e. The number of hydrogen-bond acceptors (Lipinski definition) is 2. The van der Waals surface area contributed by atoms with Crippen LogP contribution in [0.1, 0.15) is 44.2 Å². The van der Waals surface area contributed by atoms with Crippen molar-refractivity contribution in [1.82, 2.24) is 10.2 Å². The first-order chi connectivity index (χ1) is 9.70. The molecular formula is C17H27FN2. The molecule has 2 nitrogen and oxygen atoms in total. The lowest BCUT2D eigenvalue weighted by molar-refractivity contribution is 0.264. The lowest BCUT2D eigenvalue weighted by Crippen LogP contribution is -2.29. The van der Waals surface area contributed by atoms with E-state index in [2.05, 4.69) is 17.1 Å². The molecule has 0 aromatic heterocycles. The molecule has 0 bridgehead atoms. The van der Waals surface area contributed by atoms with Gasteiger partial charge in [-0.1, -0.05) is 25.1 Å². The van der Waals surface area contributed by atoms with Crippen LogP contribution in [0.25, 0.3) is 0 Å². The molecule has 1 aliphatic rings. The molecule has 3 heteroatoms. The maximum atomic E-state index is 13.9. The summed E-state index contributed by atoms with van der Waals surface area (Å²) >= 11 is 0. The van der Waals surface area contributed by atoms with E-state index < -0.39 is 0 Å². The van der Waals surface area contributed by atoms with Gasteiger partial charge in [0.2, 0.25) is 0 Å². The first kappa shape index (κ1) is 15.5. The number of likely N-dealkylation sites (tertiary alicyclic amines) is 1. The van der Waals surface area contributed by atoms with E-state index in [0.717, 1.165) is 24.4 Å². The summed E-state index contributed by atoms with van der Waals surface area (Å²) in [6, 6.07) is 7.21. The molecule has 1 heterocycles. The molecule has 1 saturated heterocycles. The summed E-state index contributed by atoms with van der Waals surface area (Å²) in [5.41, 5.74) is 0.790. The summed E-state index contributed by atoms with van der Waals surface area (Å²) in [6.45, 7) is 5.78. The Morgan fingerprint density at radius 1 is 1.30 bits per heavy atom. The van der Waals surface area contributed by atoms with Gasteiger partial charge in [0.15, 0.2) is 0 Å². The summed E-state index contributed by atoms with van der Waals surface area (Å²) in [5, 5.41) is 3.26. The van der Waals surface area contributed by atoms with Crippen molar-refractivity contribution in [1.29, 1.82) is 0 Å². The highest BCUT2D eigenvalue weighted by molar-refractivity contribution is 5.21. The van der Waals surface area contributed by atoms with E-state index in [9.17, 15) is 4.39 Å². The van der Waals surface area contributed by atoms with E-state index in [1.165, 1.54) is 32.4 Å². The summed E-state index contributed by atoms with van der Waals surface area (Å²) in [4.78, 5) is 2.54. The zero-order valence-electron chi connectivity index (χ0n) is 12.7. The zero-order valence-corrected chi connectivity index (χ0v) is 12.7. The van der Waals surface area contributed by atoms with Gasteiger partial charge in [-0.25, -0.2) is 4.39 Å². The highest BCUT2D eigenvalue weighted by Gasteiger charge is 2.17. The second kappa shape index (κ2) is 7.75. The first-order valence-electron chi connectivity index (χ1n) is 7.84. The van der Waals surface area contributed by atoms with Crippen LogP contribution in [0.5, 0.6) is 0 Å². The molecule has 20 heavy (non-hydrogen) atoms. The van der Waals surface area contributed by atoms with Crippen molar-refractivity contribution < 1.29 is 4.39 Å². The molecule has 0 aliphatic carbocycles. The minimum atomic E-state index is -0.101. The van der Waals surface area contributed by atoms with Crippen LogP contribution < -0.4 is 5.32 Å². The molecule has 1 aliphatic heterocycles. The standard InChI is InChI=1S/C17H27FN2/c1-14-6-5-11-20(12-9-14)13-10-17(19-2)15-7-3-4-8-16(15)18/h3-4,7-8,14,17,19H,5-6,9-13H2,1-2H3. The molecule has 1 fully saturated rings. The Kier molecular flexibility index (Phi) is 5.99. The fraction of sp³-hybridized carbons (Fsp3) is 0.647. The molecule has 2 rings (SSSR count). The van der Waals surface area contributed by atoms with Crippen LogP contribution in [0, 0.1) is 11.7 Å². The van der Waals surface area contributed by atoms with Crippen molar-refractivity contribution in [2.24, 2.45) is 5.92 Å². The van der Waals surface area contributed by atoms with Gasteiger partial charge in [-0.15, -0.1) is 0 Å². The Morgan fingerprint density at radius 2 is 2.10 bits per heavy atom. The number of benzene rings is 1. The molecule has 0 amide bonds. The van der Waals surface area contributed by atoms with Crippen molar-refractivity contribution in [2.45, 2.75) is 38.6 Å². The Morgan fingerprint density at radius 3 is 2.85 bits per heavy atom. The fourth-order valence-electron chi connectivity index (χ4n) is 3.07. The van der Waals surface area contributed by atoms with Crippen molar-refractivity contribution in [3.05, 3.63) is 35.6 Å². The van der Waals surface area contributed by atoms with E-state index in [-0.39, 0.29) is 11.9 Å². The Bertz CT molecular complexity index is 408.